The van der Waals surface area contributed by atoms with Crippen molar-refractivity contribution in [2.75, 3.05) is 13.1 Å². The Morgan fingerprint density at radius 1 is 1.64 bits per heavy atom. The van der Waals surface area contributed by atoms with Crippen LogP contribution in [0.4, 0.5) is 0 Å². The quantitative estimate of drug-likeness (QED) is 0.780. The van der Waals surface area contributed by atoms with Gasteiger partial charge in [-0.25, -0.2) is 0 Å². The topological polar surface area (TPSA) is 49.3 Å². The number of carbonyl (C=O) groups is 1. The zero-order chi connectivity index (χ0) is 9.97. The number of carboxylic acid groups (broad SMARTS) is 1. The van der Waals surface area contributed by atoms with Crippen molar-refractivity contribution in [2.24, 2.45) is 5.92 Å². The maximum atomic E-state index is 11.0. The first kappa shape index (κ1) is 9.68. The van der Waals surface area contributed by atoms with Gasteiger partial charge in [0.05, 0.1) is 5.92 Å². The minimum absolute atomic E-state index is 0.203. The second-order valence-electron chi connectivity index (χ2n) is 3.56. The van der Waals surface area contributed by atoms with Crippen molar-refractivity contribution in [3.63, 3.8) is 0 Å². The third kappa shape index (κ3) is 1.81. The minimum atomic E-state index is -0.685. The van der Waals surface area contributed by atoms with Gasteiger partial charge in [-0.3, -0.25) is 4.79 Å². The number of rotatable bonds is 2. The van der Waals surface area contributed by atoms with Crippen LogP contribution in [0.25, 0.3) is 0 Å². The number of piperidine rings is 1. The summed E-state index contributed by atoms with van der Waals surface area (Å²) in [7, 11) is 0. The normalized spacial score (nSPS) is 27.4. The molecule has 2 rings (SSSR count). The van der Waals surface area contributed by atoms with Gasteiger partial charge in [0.25, 0.3) is 0 Å². The highest BCUT2D eigenvalue weighted by Gasteiger charge is 2.32. The average Bonchev–Trinajstić information content (AvgIpc) is 2.70. The molecule has 3 nitrogen and oxygen atoms in total. The number of hydrogen-bond acceptors (Lipinski definition) is 3. The fourth-order valence-electron chi connectivity index (χ4n) is 1.96. The lowest BCUT2D eigenvalue weighted by atomic mass is 9.85. The van der Waals surface area contributed by atoms with Crippen LogP contribution in [0.3, 0.4) is 0 Å². The van der Waals surface area contributed by atoms with Gasteiger partial charge in [-0.1, -0.05) is 6.07 Å². The molecule has 0 aromatic carbocycles. The lowest BCUT2D eigenvalue weighted by Crippen LogP contribution is -2.39. The van der Waals surface area contributed by atoms with E-state index in [0.29, 0.717) is 6.54 Å². The molecule has 2 heterocycles. The highest BCUT2D eigenvalue weighted by molar-refractivity contribution is 7.10. The van der Waals surface area contributed by atoms with E-state index in [2.05, 4.69) is 5.32 Å². The van der Waals surface area contributed by atoms with Gasteiger partial charge in [-0.05, 0) is 24.4 Å². The van der Waals surface area contributed by atoms with Crippen LogP contribution in [0.15, 0.2) is 17.5 Å². The summed E-state index contributed by atoms with van der Waals surface area (Å²) in [5.74, 6) is -0.744. The minimum Gasteiger partial charge on any atom is -0.481 e. The summed E-state index contributed by atoms with van der Waals surface area (Å²) in [5.41, 5.74) is 0. The summed E-state index contributed by atoms with van der Waals surface area (Å²) in [6.07, 6.45) is 0.928. The molecule has 0 bridgehead atoms. The number of carboxylic acids is 1. The zero-order valence-electron chi connectivity index (χ0n) is 7.77. The second-order valence-corrected chi connectivity index (χ2v) is 4.54. The Balaban J connectivity index is 2.18. The Hall–Kier alpha value is -0.870. The summed E-state index contributed by atoms with van der Waals surface area (Å²) >= 11 is 1.66. The molecule has 1 aromatic rings. The van der Waals surface area contributed by atoms with Gasteiger partial charge < -0.3 is 10.4 Å². The molecule has 1 aliphatic rings. The lowest BCUT2D eigenvalue weighted by molar-refractivity contribution is -0.142. The smallest absolute Gasteiger partial charge is 0.308 e. The molecule has 0 radical (unpaired) electrons. The molecule has 1 aromatic heterocycles. The van der Waals surface area contributed by atoms with Gasteiger partial charge in [0, 0.05) is 17.3 Å². The van der Waals surface area contributed by atoms with Crippen LogP contribution >= 0.6 is 11.3 Å². The molecule has 4 heteroatoms. The Labute approximate surface area is 86.8 Å². The third-order valence-electron chi connectivity index (χ3n) is 2.71. The van der Waals surface area contributed by atoms with E-state index < -0.39 is 5.97 Å². The third-order valence-corrected chi connectivity index (χ3v) is 3.71. The van der Waals surface area contributed by atoms with E-state index in [4.69, 9.17) is 5.11 Å². The molecule has 0 amide bonds. The molecule has 2 unspecified atom stereocenters. The van der Waals surface area contributed by atoms with E-state index in [-0.39, 0.29) is 11.8 Å². The molecule has 0 spiro atoms. The SMILES string of the molecule is O=C(O)C1CNCCC1c1cccs1. The van der Waals surface area contributed by atoms with E-state index in [0.717, 1.165) is 13.0 Å². The molecule has 76 valence electrons. The average molecular weight is 211 g/mol. The van der Waals surface area contributed by atoms with Crippen molar-refractivity contribution in [1.82, 2.24) is 5.32 Å². The first-order valence-corrected chi connectivity index (χ1v) is 5.64. The van der Waals surface area contributed by atoms with Crippen molar-refractivity contribution >= 4 is 17.3 Å². The molecule has 1 aliphatic heterocycles. The maximum Gasteiger partial charge on any atom is 0.308 e. The monoisotopic (exact) mass is 211 g/mol. The van der Waals surface area contributed by atoms with Crippen LogP contribution in [0.2, 0.25) is 0 Å². The summed E-state index contributed by atoms with van der Waals surface area (Å²) in [4.78, 5) is 12.2. The number of thiophene rings is 1. The van der Waals surface area contributed by atoms with Crippen molar-refractivity contribution < 1.29 is 9.90 Å². The molecule has 14 heavy (non-hydrogen) atoms. The van der Waals surface area contributed by atoms with Gasteiger partial charge in [0.1, 0.15) is 0 Å². The van der Waals surface area contributed by atoms with Crippen LogP contribution in [0, 0.1) is 5.92 Å². The Bertz CT molecular complexity index is 310. The second kappa shape index (κ2) is 4.11. The fourth-order valence-corrected chi connectivity index (χ4v) is 2.89. The molecule has 2 N–H and O–H groups in total. The summed E-state index contributed by atoms with van der Waals surface area (Å²) in [5, 5.41) is 14.2. The van der Waals surface area contributed by atoms with E-state index >= 15 is 0 Å². The number of nitrogens with one attached hydrogen (secondary N) is 1. The molecular weight excluding hydrogens is 198 g/mol. The molecular formula is C10H13NO2S. The highest BCUT2D eigenvalue weighted by atomic mass is 32.1. The van der Waals surface area contributed by atoms with Crippen molar-refractivity contribution in [1.29, 1.82) is 0 Å². The first-order valence-electron chi connectivity index (χ1n) is 4.76. The standard InChI is InChI=1S/C10H13NO2S/c12-10(13)8-6-11-4-3-7(8)9-2-1-5-14-9/h1-2,5,7-8,11H,3-4,6H2,(H,12,13). The van der Waals surface area contributed by atoms with Crippen molar-refractivity contribution in [3.05, 3.63) is 22.4 Å². The molecule has 1 saturated heterocycles. The Morgan fingerprint density at radius 2 is 2.50 bits per heavy atom. The van der Waals surface area contributed by atoms with Gasteiger partial charge in [0.2, 0.25) is 0 Å². The number of aliphatic carboxylic acids is 1. The van der Waals surface area contributed by atoms with Crippen LogP contribution in [0.1, 0.15) is 17.2 Å². The van der Waals surface area contributed by atoms with E-state index in [1.807, 2.05) is 17.5 Å². The highest BCUT2D eigenvalue weighted by Crippen LogP contribution is 2.33. The molecule has 0 aliphatic carbocycles. The lowest BCUT2D eigenvalue weighted by Gasteiger charge is -2.28. The summed E-state index contributed by atoms with van der Waals surface area (Å²) in [6.45, 7) is 1.52. The Morgan fingerprint density at radius 3 is 3.14 bits per heavy atom. The van der Waals surface area contributed by atoms with Crippen LogP contribution in [0.5, 0.6) is 0 Å². The fraction of sp³-hybridized carbons (Fsp3) is 0.500. The van der Waals surface area contributed by atoms with E-state index in [1.54, 1.807) is 11.3 Å². The van der Waals surface area contributed by atoms with Crippen LogP contribution in [-0.4, -0.2) is 24.2 Å². The Kier molecular flexibility index (Phi) is 2.84. The first-order chi connectivity index (χ1) is 6.79. The van der Waals surface area contributed by atoms with Crippen LogP contribution in [-0.2, 0) is 4.79 Å². The molecule has 2 atom stereocenters. The van der Waals surface area contributed by atoms with Crippen molar-refractivity contribution in [3.8, 4) is 0 Å². The van der Waals surface area contributed by atoms with Gasteiger partial charge in [0.15, 0.2) is 0 Å². The maximum absolute atomic E-state index is 11.0. The van der Waals surface area contributed by atoms with Gasteiger partial charge in [-0.2, -0.15) is 0 Å². The van der Waals surface area contributed by atoms with Gasteiger partial charge >= 0.3 is 5.97 Å². The van der Waals surface area contributed by atoms with Gasteiger partial charge in [-0.15, -0.1) is 11.3 Å². The number of hydrogen-bond donors (Lipinski definition) is 2. The van der Waals surface area contributed by atoms with E-state index in [9.17, 15) is 4.79 Å². The predicted octanol–water partition coefficient (Wildman–Crippen LogP) is 1.53. The zero-order valence-corrected chi connectivity index (χ0v) is 8.59. The predicted molar refractivity (Wildman–Crippen MR) is 55.7 cm³/mol. The van der Waals surface area contributed by atoms with Crippen LogP contribution < -0.4 is 5.32 Å². The van der Waals surface area contributed by atoms with E-state index in [1.165, 1.54) is 4.88 Å². The van der Waals surface area contributed by atoms with Crippen molar-refractivity contribution in [2.45, 2.75) is 12.3 Å². The summed E-state index contributed by atoms with van der Waals surface area (Å²) in [6, 6.07) is 4.03. The molecule has 0 saturated carbocycles. The summed E-state index contributed by atoms with van der Waals surface area (Å²) < 4.78 is 0. The largest absolute Gasteiger partial charge is 0.481 e. The molecule has 1 fully saturated rings.